The number of aryl methyl sites for hydroxylation is 1. The predicted octanol–water partition coefficient (Wildman–Crippen LogP) is 4.50. The number of aromatic nitrogens is 4. The van der Waals surface area contributed by atoms with Crippen LogP contribution in [0.2, 0.25) is 0 Å². The fourth-order valence-corrected chi connectivity index (χ4v) is 3.26. The molecule has 0 radical (unpaired) electrons. The Balaban J connectivity index is 2.11. The summed E-state index contributed by atoms with van der Waals surface area (Å²) >= 11 is 0. The zero-order valence-electron chi connectivity index (χ0n) is 17.7. The number of carbonyl (C=O) groups excluding carboxylic acids is 1. The summed E-state index contributed by atoms with van der Waals surface area (Å²) in [6.07, 6.45) is 3.47. The van der Waals surface area contributed by atoms with Gasteiger partial charge in [0.25, 0.3) is 5.91 Å². The van der Waals surface area contributed by atoms with Crippen LogP contribution >= 0.6 is 0 Å². The van der Waals surface area contributed by atoms with E-state index in [0.29, 0.717) is 5.56 Å². The van der Waals surface area contributed by atoms with Gasteiger partial charge in [-0.25, -0.2) is 9.67 Å². The first-order chi connectivity index (χ1) is 13.1. The first-order valence-electron chi connectivity index (χ1n) is 9.71. The van der Waals surface area contributed by atoms with Gasteiger partial charge in [-0.2, -0.15) is 5.10 Å². The minimum absolute atomic E-state index is 0.116. The summed E-state index contributed by atoms with van der Waals surface area (Å²) in [6, 6.07) is 5.60. The van der Waals surface area contributed by atoms with E-state index in [1.807, 2.05) is 36.7 Å². The molecule has 148 valence electrons. The maximum atomic E-state index is 13.2. The van der Waals surface area contributed by atoms with Crippen LogP contribution in [0, 0.1) is 6.92 Å². The lowest BCUT2D eigenvalue weighted by Crippen LogP contribution is -2.27. The molecule has 3 rings (SSSR count). The van der Waals surface area contributed by atoms with Crippen molar-refractivity contribution in [3.05, 3.63) is 53.1 Å². The Morgan fingerprint density at radius 3 is 2.36 bits per heavy atom. The molecule has 0 aliphatic carbocycles. The van der Waals surface area contributed by atoms with Crippen LogP contribution in [0.4, 0.5) is 0 Å². The third kappa shape index (κ3) is 3.77. The summed E-state index contributed by atoms with van der Waals surface area (Å²) < 4.78 is 1.92. The van der Waals surface area contributed by atoms with Gasteiger partial charge in [-0.1, -0.05) is 13.8 Å². The molecule has 3 aromatic heterocycles. The molecule has 0 aromatic carbocycles. The topological polar surface area (TPSA) is 72.7 Å². The Morgan fingerprint density at radius 2 is 1.79 bits per heavy atom. The van der Waals surface area contributed by atoms with Crippen molar-refractivity contribution in [1.82, 2.24) is 25.1 Å². The lowest BCUT2D eigenvalue weighted by molar-refractivity contribution is 0.0941. The summed E-state index contributed by atoms with van der Waals surface area (Å²) in [5.74, 6) is 0.0902. The summed E-state index contributed by atoms with van der Waals surface area (Å²) in [5, 5.41) is 8.64. The SMILES string of the molecule is Cc1nn(C(C)(C)C)c2nc(C(C)C)cc(C(=O)N[C@H](C)c3ccncc3)c12. The molecule has 28 heavy (non-hydrogen) atoms. The van der Waals surface area contributed by atoms with Crippen LogP contribution in [0.1, 0.15) is 80.8 Å². The Bertz CT molecular complexity index is 999. The van der Waals surface area contributed by atoms with Gasteiger partial charge >= 0.3 is 0 Å². The fourth-order valence-electron chi connectivity index (χ4n) is 3.26. The minimum atomic E-state index is -0.229. The van der Waals surface area contributed by atoms with Crippen molar-refractivity contribution in [1.29, 1.82) is 0 Å². The molecule has 0 saturated heterocycles. The number of pyridine rings is 2. The average molecular weight is 380 g/mol. The lowest BCUT2D eigenvalue weighted by atomic mass is 10.0. The molecular formula is C22H29N5O. The Morgan fingerprint density at radius 1 is 1.14 bits per heavy atom. The van der Waals surface area contributed by atoms with Crippen molar-refractivity contribution in [2.24, 2.45) is 0 Å². The van der Waals surface area contributed by atoms with Gasteiger partial charge in [-0.05, 0) is 64.3 Å². The summed E-state index contributed by atoms with van der Waals surface area (Å²) in [7, 11) is 0. The molecule has 0 bridgehead atoms. The lowest BCUT2D eigenvalue weighted by Gasteiger charge is -2.21. The number of amides is 1. The van der Waals surface area contributed by atoms with Gasteiger partial charge in [0.15, 0.2) is 5.65 Å². The standard InChI is InChI=1S/C22H29N5O/c1-13(2)18-12-17(21(28)24-14(3)16-8-10-23-11-9-16)19-15(4)26-27(20(19)25-18)22(5,6)7/h8-14H,1-7H3,(H,24,28)/t14-/m1/s1. The predicted molar refractivity (Wildman–Crippen MR) is 111 cm³/mol. The van der Waals surface area contributed by atoms with Crippen LogP contribution < -0.4 is 5.32 Å². The van der Waals surface area contributed by atoms with E-state index in [2.05, 4.69) is 44.9 Å². The summed E-state index contributed by atoms with van der Waals surface area (Å²) in [5.41, 5.74) is 3.88. The summed E-state index contributed by atoms with van der Waals surface area (Å²) in [6.45, 7) is 14.3. The molecule has 1 atom stereocenters. The van der Waals surface area contributed by atoms with Crippen molar-refractivity contribution in [3.8, 4) is 0 Å². The molecule has 6 nitrogen and oxygen atoms in total. The van der Waals surface area contributed by atoms with Crippen LogP contribution in [0.3, 0.4) is 0 Å². The smallest absolute Gasteiger partial charge is 0.252 e. The Hall–Kier alpha value is -2.76. The zero-order chi connectivity index (χ0) is 20.6. The number of fused-ring (bicyclic) bond motifs is 1. The monoisotopic (exact) mass is 379 g/mol. The van der Waals surface area contributed by atoms with Crippen molar-refractivity contribution in [2.45, 2.75) is 66.0 Å². The van der Waals surface area contributed by atoms with Crippen LogP contribution in [0.25, 0.3) is 11.0 Å². The Labute approximate surface area is 166 Å². The second kappa shape index (κ2) is 7.34. The highest BCUT2D eigenvalue weighted by Gasteiger charge is 2.25. The van der Waals surface area contributed by atoms with Gasteiger partial charge in [0.05, 0.1) is 28.2 Å². The third-order valence-electron chi connectivity index (χ3n) is 4.86. The van der Waals surface area contributed by atoms with E-state index >= 15 is 0 Å². The number of hydrogen-bond donors (Lipinski definition) is 1. The molecule has 0 aliphatic heterocycles. The minimum Gasteiger partial charge on any atom is -0.345 e. The van der Waals surface area contributed by atoms with E-state index in [1.54, 1.807) is 12.4 Å². The van der Waals surface area contributed by atoms with Gasteiger partial charge in [0, 0.05) is 18.1 Å². The molecule has 0 spiro atoms. The second-order valence-electron chi connectivity index (χ2n) is 8.59. The number of rotatable bonds is 4. The third-order valence-corrected chi connectivity index (χ3v) is 4.86. The van der Waals surface area contributed by atoms with Crippen molar-refractivity contribution >= 4 is 16.9 Å². The molecular weight excluding hydrogens is 350 g/mol. The molecule has 0 saturated carbocycles. The van der Waals surface area contributed by atoms with Crippen LogP contribution in [0.15, 0.2) is 30.6 Å². The first kappa shape index (κ1) is 20.0. The van der Waals surface area contributed by atoms with Gasteiger partial charge < -0.3 is 5.32 Å². The molecule has 0 fully saturated rings. The largest absolute Gasteiger partial charge is 0.345 e. The first-order valence-corrected chi connectivity index (χ1v) is 9.71. The highest BCUT2D eigenvalue weighted by molar-refractivity contribution is 6.06. The van der Waals surface area contributed by atoms with E-state index in [0.717, 1.165) is 28.0 Å². The van der Waals surface area contributed by atoms with E-state index in [4.69, 9.17) is 10.1 Å². The number of nitrogens with zero attached hydrogens (tertiary/aromatic N) is 4. The van der Waals surface area contributed by atoms with Gasteiger partial charge in [-0.3, -0.25) is 9.78 Å². The number of hydrogen-bond acceptors (Lipinski definition) is 4. The molecule has 1 N–H and O–H groups in total. The van der Waals surface area contributed by atoms with E-state index in [9.17, 15) is 4.79 Å². The zero-order valence-corrected chi connectivity index (χ0v) is 17.7. The number of nitrogens with one attached hydrogen (secondary N) is 1. The van der Waals surface area contributed by atoms with Gasteiger partial charge in [0.2, 0.25) is 0 Å². The van der Waals surface area contributed by atoms with Crippen LogP contribution in [-0.2, 0) is 5.54 Å². The number of carbonyl (C=O) groups is 1. The van der Waals surface area contributed by atoms with Crippen LogP contribution in [0.5, 0.6) is 0 Å². The normalized spacial score (nSPS) is 13.1. The van der Waals surface area contributed by atoms with Crippen molar-refractivity contribution < 1.29 is 4.79 Å². The average Bonchev–Trinajstić information content (AvgIpc) is 2.98. The van der Waals surface area contributed by atoms with E-state index in [1.165, 1.54) is 0 Å². The quantitative estimate of drug-likeness (QED) is 0.724. The Kier molecular flexibility index (Phi) is 5.24. The highest BCUT2D eigenvalue weighted by Crippen LogP contribution is 2.29. The maximum absolute atomic E-state index is 13.2. The second-order valence-corrected chi connectivity index (χ2v) is 8.59. The molecule has 1 amide bonds. The molecule has 0 unspecified atom stereocenters. The van der Waals surface area contributed by atoms with Crippen LogP contribution in [-0.4, -0.2) is 25.7 Å². The molecule has 6 heteroatoms. The van der Waals surface area contributed by atoms with Crippen molar-refractivity contribution in [2.75, 3.05) is 0 Å². The van der Waals surface area contributed by atoms with E-state index < -0.39 is 0 Å². The molecule has 0 aliphatic rings. The molecule has 3 aromatic rings. The molecule has 3 heterocycles. The summed E-state index contributed by atoms with van der Waals surface area (Å²) in [4.78, 5) is 22.1. The van der Waals surface area contributed by atoms with Gasteiger partial charge in [0.1, 0.15) is 0 Å². The van der Waals surface area contributed by atoms with E-state index in [-0.39, 0.29) is 23.4 Å². The fraction of sp³-hybridized carbons (Fsp3) is 0.455. The van der Waals surface area contributed by atoms with Gasteiger partial charge in [-0.15, -0.1) is 0 Å². The highest BCUT2D eigenvalue weighted by atomic mass is 16.1. The maximum Gasteiger partial charge on any atom is 0.252 e. The van der Waals surface area contributed by atoms with Crippen molar-refractivity contribution in [3.63, 3.8) is 0 Å².